The first kappa shape index (κ1) is 24.6. The van der Waals surface area contributed by atoms with Gasteiger partial charge in [0.25, 0.3) is 0 Å². The average molecular weight is 507 g/mol. The first-order valence-electron chi connectivity index (χ1n) is 10.9. The van der Waals surface area contributed by atoms with Crippen LogP contribution in [0.4, 0.5) is 5.69 Å². The minimum atomic E-state index is -4.34. The summed E-state index contributed by atoms with van der Waals surface area (Å²) < 4.78 is 33.1. The van der Waals surface area contributed by atoms with Gasteiger partial charge in [0.1, 0.15) is 5.01 Å². The molecule has 0 aliphatic rings. The van der Waals surface area contributed by atoms with Crippen LogP contribution in [0.5, 0.6) is 0 Å². The summed E-state index contributed by atoms with van der Waals surface area (Å²) in [6.07, 6.45) is 2.59. The Morgan fingerprint density at radius 2 is 1.60 bits per heavy atom. The molecular weight excluding hydrogens is 482 g/mol. The molecule has 0 spiro atoms. The van der Waals surface area contributed by atoms with Gasteiger partial charge in [-0.15, -0.1) is 11.3 Å². The zero-order valence-corrected chi connectivity index (χ0v) is 20.3. The third-order valence-electron chi connectivity index (χ3n) is 5.21. The molecule has 0 unspecified atom stereocenters. The van der Waals surface area contributed by atoms with Crippen LogP contribution in [-0.4, -0.2) is 23.9 Å². The highest BCUT2D eigenvalue weighted by Gasteiger charge is 2.20. The van der Waals surface area contributed by atoms with E-state index >= 15 is 0 Å². The molecule has 0 saturated heterocycles. The highest BCUT2D eigenvalue weighted by atomic mass is 32.2. The summed E-state index contributed by atoms with van der Waals surface area (Å²) >= 11 is 1.47. The fraction of sp³-hybridized carbons (Fsp3) is 0.115. The second-order valence-electron chi connectivity index (χ2n) is 7.87. The lowest BCUT2D eigenvalue weighted by atomic mass is 10.0. The Hall–Kier alpha value is -3.53. The van der Waals surface area contributed by atoms with Crippen LogP contribution >= 0.6 is 11.3 Å². The number of carbonyl (C=O) groups excluding carboxylic acids is 1. The number of thiazole rings is 1. The van der Waals surface area contributed by atoms with Gasteiger partial charge in [-0.1, -0.05) is 72.8 Å². The summed E-state index contributed by atoms with van der Waals surface area (Å²) in [5.41, 5.74) is 3.99. The molecule has 179 valence electrons. The molecule has 1 atom stereocenters. The maximum Gasteiger partial charge on any atom is 0.357 e. The van der Waals surface area contributed by atoms with Gasteiger partial charge < -0.3 is 5.32 Å². The van der Waals surface area contributed by atoms with Gasteiger partial charge >= 0.3 is 10.3 Å². The van der Waals surface area contributed by atoms with Crippen LogP contribution in [0.1, 0.15) is 22.2 Å². The number of nitrogens with one attached hydrogen (secondary N) is 2. The van der Waals surface area contributed by atoms with Gasteiger partial charge in [0.05, 0.1) is 23.8 Å². The van der Waals surface area contributed by atoms with E-state index in [9.17, 15) is 13.2 Å². The van der Waals surface area contributed by atoms with Crippen LogP contribution in [0, 0.1) is 6.42 Å². The summed E-state index contributed by atoms with van der Waals surface area (Å²) in [5, 5.41) is 5.81. The Balaban J connectivity index is 1.51. The van der Waals surface area contributed by atoms with Crippen molar-refractivity contribution >= 4 is 33.2 Å². The van der Waals surface area contributed by atoms with Crippen molar-refractivity contribution in [3.8, 4) is 11.3 Å². The van der Waals surface area contributed by atoms with Crippen molar-refractivity contribution in [2.24, 2.45) is 0 Å². The minimum Gasteiger partial charge on any atom is -0.346 e. The minimum absolute atomic E-state index is 0.194. The smallest absolute Gasteiger partial charge is 0.346 e. The van der Waals surface area contributed by atoms with E-state index < -0.39 is 10.3 Å². The largest absolute Gasteiger partial charge is 0.357 e. The maximum absolute atomic E-state index is 12.8. The molecule has 1 amide bonds. The zero-order chi connectivity index (χ0) is 24.7. The van der Waals surface area contributed by atoms with Crippen LogP contribution < -0.4 is 10.0 Å². The van der Waals surface area contributed by atoms with Crippen molar-refractivity contribution in [3.05, 3.63) is 113 Å². The molecule has 35 heavy (non-hydrogen) atoms. The van der Waals surface area contributed by atoms with Crippen molar-refractivity contribution in [3.63, 3.8) is 0 Å². The van der Waals surface area contributed by atoms with Gasteiger partial charge in [-0.3, -0.25) is 14.1 Å². The summed E-state index contributed by atoms with van der Waals surface area (Å²) in [5.74, 6) is -0.194. The number of rotatable bonds is 10. The molecule has 3 N–H and O–H groups in total. The van der Waals surface area contributed by atoms with Crippen LogP contribution in [0.25, 0.3) is 11.3 Å². The van der Waals surface area contributed by atoms with Crippen LogP contribution in [0.3, 0.4) is 0 Å². The highest BCUT2D eigenvalue weighted by molar-refractivity contribution is 7.87. The number of amides is 1. The molecule has 9 heteroatoms. The monoisotopic (exact) mass is 506 g/mol. The van der Waals surface area contributed by atoms with Gasteiger partial charge in [0.2, 0.25) is 5.91 Å². The molecule has 1 heterocycles. The fourth-order valence-electron chi connectivity index (χ4n) is 3.54. The lowest BCUT2D eigenvalue weighted by Crippen LogP contribution is -2.30. The molecule has 1 aromatic heterocycles. The van der Waals surface area contributed by atoms with E-state index in [2.05, 4.69) is 5.32 Å². The molecule has 0 saturated carbocycles. The van der Waals surface area contributed by atoms with Gasteiger partial charge in [0.15, 0.2) is 0 Å². The number of benzene rings is 3. The Labute approximate surface area is 208 Å². The molecule has 0 fully saturated rings. The lowest BCUT2D eigenvalue weighted by Gasteiger charge is -2.17. The van der Waals surface area contributed by atoms with Crippen LogP contribution in [0.2, 0.25) is 0 Å². The molecule has 0 aliphatic carbocycles. The molecule has 4 aromatic rings. The molecule has 4 rings (SSSR count). The van der Waals surface area contributed by atoms with Gasteiger partial charge in [-0.25, -0.2) is 4.98 Å². The Bertz CT molecular complexity index is 1360. The fourth-order valence-corrected chi connectivity index (χ4v) is 4.85. The zero-order valence-electron chi connectivity index (χ0n) is 18.7. The second-order valence-corrected chi connectivity index (χ2v) is 9.91. The van der Waals surface area contributed by atoms with Crippen LogP contribution in [0.15, 0.2) is 90.3 Å². The standard InChI is InChI=1S/C26H24N3O4S2/c30-25(16-13-19-7-3-1-4-8-19)27-23(17-20-11-14-22(15-12-20)29-35(31,32)33)26-28-24(18-34-26)21-9-5-2-6-10-21/h1-12,14-16,18,23,29H,13,17H2,(H,27,30)(H,31,32,33)/t23-/m0/s1. The summed E-state index contributed by atoms with van der Waals surface area (Å²) in [4.78, 5) is 17.6. The Morgan fingerprint density at radius 1 is 0.943 bits per heavy atom. The predicted molar refractivity (Wildman–Crippen MR) is 138 cm³/mol. The van der Waals surface area contributed by atoms with E-state index in [0.29, 0.717) is 12.8 Å². The van der Waals surface area contributed by atoms with Crippen molar-refractivity contribution in [1.29, 1.82) is 0 Å². The summed E-state index contributed by atoms with van der Waals surface area (Å²) in [6, 6.07) is 25.8. The third-order valence-corrected chi connectivity index (χ3v) is 6.66. The summed E-state index contributed by atoms with van der Waals surface area (Å²) in [6.45, 7) is 0. The van der Waals surface area contributed by atoms with E-state index in [4.69, 9.17) is 9.54 Å². The quantitative estimate of drug-likeness (QED) is 0.266. The van der Waals surface area contributed by atoms with E-state index in [0.717, 1.165) is 27.4 Å². The third kappa shape index (κ3) is 7.48. The van der Waals surface area contributed by atoms with Gasteiger partial charge in [-0.05, 0) is 36.1 Å². The van der Waals surface area contributed by atoms with Crippen molar-refractivity contribution in [2.45, 2.75) is 18.9 Å². The van der Waals surface area contributed by atoms with E-state index in [1.54, 1.807) is 30.7 Å². The first-order valence-corrected chi connectivity index (χ1v) is 13.2. The average Bonchev–Trinajstić information content (AvgIpc) is 3.34. The molecular formula is C26H24N3O4S2. The number of hydrogen-bond donors (Lipinski definition) is 3. The number of hydrogen-bond acceptors (Lipinski definition) is 5. The lowest BCUT2D eigenvalue weighted by molar-refractivity contribution is -0.118. The highest BCUT2D eigenvalue weighted by Crippen LogP contribution is 2.28. The number of aromatic nitrogens is 1. The Morgan fingerprint density at radius 3 is 2.26 bits per heavy atom. The molecule has 7 nitrogen and oxygen atoms in total. The van der Waals surface area contributed by atoms with E-state index in [1.165, 1.54) is 11.3 Å². The SMILES string of the molecule is O=C([CH]Cc1ccccc1)N[C@@H](Cc1ccc(NS(=O)(=O)O)cc1)c1nc(-c2ccccc2)cs1. The first-order chi connectivity index (χ1) is 16.9. The summed E-state index contributed by atoms with van der Waals surface area (Å²) in [7, 11) is -4.34. The number of carbonyl (C=O) groups is 1. The molecule has 0 bridgehead atoms. The molecule has 3 aromatic carbocycles. The maximum atomic E-state index is 12.8. The molecule has 0 aliphatic heterocycles. The topological polar surface area (TPSA) is 108 Å². The predicted octanol–water partition coefficient (Wildman–Crippen LogP) is 4.87. The van der Waals surface area contributed by atoms with Crippen molar-refractivity contribution in [2.75, 3.05) is 4.72 Å². The number of nitrogens with zero attached hydrogens (tertiary/aromatic N) is 1. The van der Waals surface area contributed by atoms with Gasteiger partial charge in [0, 0.05) is 10.9 Å². The van der Waals surface area contributed by atoms with E-state index in [-0.39, 0.29) is 17.6 Å². The van der Waals surface area contributed by atoms with Gasteiger partial charge in [-0.2, -0.15) is 8.42 Å². The molecule has 1 radical (unpaired) electrons. The normalized spacial score (nSPS) is 12.1. The number of anilines is 1. The van der Waals surface area contributed by atoms with E-state index in [1.807, 2.05) is 70.8 Å². The van der Waals surface area contributed by atoms with Crippen molar-refractivity contribution < 1.29 is 17.8 Å². The second kappa shape index (κ2) is 11.3. The Kier molecular flexibility index (Phi) is 7.91. The van der Waals surface area contributed by atoms with Crippen LogP contribution in [-0.2, 0) is 27.9 Å². The van der Waals surface area contributed by atoms with Crippen molar-refractivity contribution in [1.82, 2.24) is 10.3 Å².